The van der Waals surface area contributed by atoms with Gasteiger partial charge in [-0.05, 0) is 43.4 Å². The van der Waals surface area contributed by atoms with Crippen molar-refractivity contribution in [1.29, 1.82) is 0 Å². The monoisotopic (exact) mass is 363 g/mol. The number of carbonyl (C=O) groups excluding carboxylic acids is 1. The first-order valence-corrected chi connectivity index (χ1v) is 9.83. The quantitative estimate of drug-likeness (QED) is 0.562. The summed E-state index contributed by atoms with van der Waals surface area (Å²) < 4.78 is 16.4. The minimum atomic E-state index is 0.0998. The molecule has 0 N–H and O–H groups in total. The maximum absolute atomic E-state index is 12.8. The molecule has 1 aliphatic rings. The molecule has 5 nitrogen and oxygen atoms in total. The molecule has 0 radical (unpaired) electrons. The Morgan fingerprint density at radius 2 is 1.96 bits per heavy atom. The first kappa shape index (κ1) is 20.7. The molecule has 1 heterocycles. The third-order valence-corrected chi connectivity index (χ3v) is 4.78. The third-order valence-electron chi connectivity index (χ3n) is 4.78. The fraction of sp³-hybridized carbons (Fsp3) is 0.667. The second-order valence-corrected chi connectivity index (χ2v) is 6.89. The highest BCUT2D eigenvalue weighted by atomic mass is 16.5. The van der Waals surface area contributed by atoms with Gasteiger partial charge in [0.15, 0.2) is 0 Å². The Morgan fingerprint density at radius 1 is 1.15 bits per heavy atom. The van der Waals surface area contributed by atoms with E-state index in [1.165, 1.54) is 12.8 Å². The minimum absolute atomic E-state index is 0.0998. The Morgan fingerprint density at radius 3 is 2.69 bits per heavy atom. The molecule has 1 aliphatic heterocycles. The van der Waals surface area contributed by atoms with Crippen molar-refractivity contribution in [3.05, 3.63) is 29.8 Å². The largest absolute Gasteiger partial charge is 0.494 e. The van der Waals surface area contributed by atoms with Crippen molar-refractivity contribution in [3.8, 4) is 5.75 Å². The van der Waals surface area contributed by atoms with Crippen LogP contribution in [0.2, 0.25) is 0 Å². The first-order valence-electron chi connectivity index (χ1n) is 9.83. The molecule has 1 saturated heterocycles. The summed E-state index contributed by atoms with van der Waals surface area (Å²) in [6.45, 7) is 6.49. The zero-order valence-electron chi connectivity index (χ0n) is 16.2. The average Bonchev–Trinajstić information content (AvgIpc) is 2.69. The van der Waals surface area contributed by atoms with Crippen LogP contribution >= 0.6 is 0 Å². The van der Waals surface area contributed by atoms with Crippen molar-refractivity contribution in [1.82, 2.24) is 4.90 Å². The SMILES string of the molecule is CCCCCOc1cccc(C(=O)N2CCC(COCCOC)CC2)c1. The summed E-state index contributed by atoms with van der Waals surface area (Å²) in [6.07, 6.45) is 5.38. The lowest BCUT2D eigenvalue weighted by Crippen LogP contribution is -2.39. The number of hydrogen-bond donors (Lipinski definition) is 0. The van der Waals surface area contributed by atoms with E-state index in [9.17, 15) is 4.79 Å². The number of piperidine rings is 1. The predicted molar refractivity (Wildman–Crippen MR) is 103 cm³/mol. The van der Waals surface area contributed by atoms with E-state index in [1.807, 2.05) is 29.2 Å². The van der Waals surface area contributed by atoms with Gasteiger partial charge in [-0.15, -0.1) is 0 Å². The zero-order valence-corrected chi connectivity index (χ0v) is 16.2. The highest BCUT2D eigenvalue weighted by molar-refractivity contribution is 5.94. The van der Waals surface area contributed by atoms with Gasteiger partial charge < -0.3 is 19.1 Å². The van der Waals surface area contributed by atoms with Gasteiger partial charge in [0, 0.05) is 32.4 Å². The van der Waals surface area contributed by atoms with Gasteiger partial charge in [0.25, 0.3) is 5.91 Å². The van der Waals surface area contributed by atoms with E-state index in [-0.39, 0.29) is 5.91 Å². The second kappa shape index (κ2) is 11.9. The van der Waals surface area contributed by atoms with E-state index in [4.69, 9.17) is 14.2 Å². The third kappa shape index (κ3) is 6.96. The van der Waals surface area contributed by atoms with Crippen LogP contribution < -0.4 is 4.74 Å². The molecule has 0 aliphatic carbocycles. The number of benzene rings is 1. The zero-order chi connectivity index (χ0) is 18.6. The van der Waals surface area contributed by atoms with E-state index in [0.29, 0.717) is 31.3 Å². The van der Waals surface area contributed by atoms with Gasteiger partial charge >= 0.3 is 0 Å². The van der Waals surface area contributed by atoms with Crippen LogP contribution in [0.5, 0.6) is 5.75 Å². The number of hydrogen-bond acceptors (Lipinski definition) is 4. The van der Waals surface area contributed by atoms with Crippen molar-refractivity contribution in [2.24, 2.45) is 5.92 Å². The molecular weight excluding hydrogens is 330 g/mol. The Labute approximate surface area is 157 Å². The fourth-order valence-electron chi connectivity index (χ4n) is 3.14. The molecule has 0 spiro atoms. The highest BCUT2D eigenvalue weighted by Crippen LogP contribution is 2.21. The van der Waals surface area contributed by atoms with Gasteiger partial charge in [0.05, 0.1) is 19.8 Å². The number of ether oxygens (including phenoxy) is 3. The van der Waals surface area contributed by atoms with Gasteiger partial charge in [-0.1, -0.05) is 25.8 Å². The second-order valence-electron chi connectivity index (χ2n) is 6.89. The van der Waals surface area contributed by atoms with Gasteiger partial charge in [0.2, 0.25) is 0 Å². The summed E-state index contributed by atoms with van der Waals surface area (Å²) in [5, 5.41) is 0. The molecule has 0 saturated carbocycles. The van der Waals surface area contributed by atoms with Crippen molar-refractivity contribution in [2.75, 3.05) is 46.6 Å². The number of nitrogens with zero attached hydrogens (tertiary/aromatic N) is 1. The lowest BCUT2D eigenvalue weighted by atomic mass is 9.97. The Balaban J connectivity index is 1.77. The number of methoxy groups -OCH3 is 1. The van der Waals surface area contributed by atoms with Crippen LogP contribution in [0.3, 0.4) is 0 Å². The van der Waals surface area contributed by atoms with E-state index >= 15 is 0 Å². The number of carbonyl (C=O) groups is 1. The lowest BCUT2D eigenvalue weighted by molar-refractivity contribution is 0.0327. The van der Waals surface area contributed by atoms with Crippen LogP contribution in [0.4, 0.5) is 0 Å². The molecule has 1 fully saturated rings. The van der Waals surface area contributed by atoms with Crippen molar-refractivity contribution in [3.63, 3.8) is 0 Å². The van der Waals surface area contributed by atoms with Gasteiger partial charge in [-0.25, -0.2) is 0 Å². The molecule has 26 heavy (non-hydrogen) atoms. The summed E-state index contributed by atoms with van der Waals surface area (Å²) in [4.78, 5) is 14.7. The molecule has 0 unspecified atom stereocenters. The molecule has 1 amide bonds. The first-order chi connectivity index (χ1) is 12.7. The molecule has 1 aromatic carbocycles. The summed E-state index contributed by atoms with van der Waals surface area (Å²) >= 11 is 0. The van der Waals surface area contributed by atoms with Crippen LogP contribution in [-0.4, -0.2) is 57.4 Å². The minimum Gasteiger partial charge on any atom is -0.494 e. The molecule has 146 valence electrons. The highest BCUT2D eigenvalue weighted by Gasteiger charge is 2.24. The average molecular weight is 363 g/mol. The summed E-state index contributed by atoms with van der Waals surface area (Å²) in [6, 6.07) is 7.57. The topological polar surface area (TPSA) is 48.0 Å². The Hall–Kier alpha value is -1.59. The van der Waals surface area contributed by atoms with Crippen LogP contribution in [0, 0.1) is 5.92 Å². The predicted octanol–water partition coefficient (Wildman–Crippen LogP) is 3.77. The number of amides is 1. The molecule has 0 bridgehead atoms. The summed E-state index contributed by atoms with van der Waals surface area (Å²) in [5.41, 5.74) is 0.716. The van der Waals surface area contributed by atoms with Crippen molar-refractivity contribution >= 4 is 5.91 Å². The maximum Gasteiger partial charge on any atom is 0.253 e. The van der Waals surface area contributed by atoms with Gasteiger partial charge in [-0.2, -0.15) is 0 Å². The molecule has 0 aromatic heterocycles. The lowest BCUT2D eigenvalue weighted by Gasteiger charge is -2.32. The van der Waals surface area contributed by atoms with Crippen LogP contribution in [0.15, 0.2) is 24.3 Å². The number of unbranched alkanes of at least 4 members (excludes halogenated alkanes) is 2. The Kier molecular flexibility index (Phi) is 9.50. The van der Waals surface area contributed by atoms with E-state index in [0.717, 1.165) is 44.7 Å². The molecule has 2 rings (SSSR count). The van der Waals surface area contributed by atoms with Crippen molar-refractivity contribution in [2.45, 2.75) is 39.0 Å². The van der Waals surface area contributed by atoms with Gasteiger partial charge in [0.1, 0.15) is 5.75 Å². The van der Waals surface area contributed by atoms with E-state index < -0.39 is 0 Å². The smallest absolute Gasteiger partial charge is 0.253 e. The normalized spacial score (nSPS) is 15.2. The maximum atomic E-state index is 12.8. The molecule has 1 aromatic rings. The molecule has 0 atom stereocenters. The number of likely N-dealkylation sites (tertiary alicyclic amines) is 1. The molecular formula is C21H33NO4. The van der Waals surface area contributed by atoms with Crippen LogP contribution in [0.25, 0.3) is 0 Å². The summed E-state index contributed by atoms with van der Waals surface area (Å²) in [5.74, 6) is 1.42. The standard InChI is InChI=1S/C21H33NO4/c1-3-4-5-13-26-20-8-6-7-19(16-20)21(23)22-11-9-18(10-12-22)17-25-15-14-24-2/h6-8,16,18H,3-5,9-15,17H2,1-2H3. The fourth-order valence-corrected chi connectivity index (χ4v) is 3.14. The molecule has 5 heteroatoms. The Bertz CT molecular complexity index is 526. The summed E-state index contributed by atoms with van der Waals surface area (Å²) in [7, 11) is 1.68. The van der Waals surface area contributed by atoms with Crippen molar-refractivity contribution < 1.29 is 19.0 Å². The van der Waals surface area contributed by atoms with E-state index in [1.54, 1.807) is 7.11 Å². The van der Waals surface area contributed by atoms with Gasteiger partial charge in [-0.3, -0.25) is 4.79 Å². The van der Waals surface area contributed by atoms with Crippen LogP contribution in [0.1, 0.15) is 49.4 Å². The number of rotatable bonds is 11. The van der Waals surface area contributed by atoms with E-state index in [2.05, 4.69) is 6.92 Å². The van der Waals surface area contributed by atoms with Crippen LogP contribution in [-0.2, 0) is 9.47 Å².